The first-order valence-corrected chi connectivity index (χ1v) is 12.8. The van der Waals surface area contributed by atoms with Crippen molar-refractivity contribution in [1.29, 1.82) is 0 Å². The van der Waals surface area contributed by atoms with E-state index in [4.69, 9.17) is 4.74 Å². The highest BCUT2D eigenvalue weighted by Crippen LogP contribution is 2.39. The standard InChI is InChI=1S/C23H32N2O5S/c1-15-7-10-17(11-8-15)24-31(28,29)21-13-16(9-12-20(21)30-2)14-25-22(26)18-5-3-4-6-19(18)23(25)27/h9,12-13,15,17-19,24H,3-8,10-11,14H2,1-2H3/t15?,17?,18-,19+. The van der Waals surface area contributed by atoms with E-state index in [0.29, 0.717) is 11.5 Å². The summed E-state index contributed by atoms with van der Waals surface area (Å²) in [4.78, 5) is 27.0. The average molecular weight is 449 g/mol. The average Bonchev–Trinajstić information content (AvgIpc) is 3.00. The molecule has 4 rings (SSSR count). The first-order valence-electron chi connectivity index (χ1n) is 11.3. The maximum absolute atomic E-state index is 13.1. The lowest BCUT2D eigenvalue weighted by molar-refractivity contribution is -0.140. The number of carbonyl (C=O) groups is 2. The first-order chi connectivity index (χ1) is 14.8. The number of benzene rings is 1. The summed E-state index contributed by atoms with van der Waals surface area (Å²) < 4.78 is 34.4. The Labute approximate surface area is 184 Å². The summed E-state index contributed by atoms with van der Waals surface area (Å²) in [7, 11) is -2.35. The summed E-state index contributed by atoms with van der Waals surface area (Å²) >= 11 is 0. The number of likely N-dealkylation sites (tertiary alicyclic amines) is 1. The molecule has 2 amide bonds. The van der Waals surface area contributed by atoms with Crippen LogP contribution in [0.3, 0.4) is 0 Å². The van der Waals surface area contributed by atoms with Crippen molar-refractivity contribution in [2.45, 2.75) is 75.8 Å². The maximum atomic E-state index is 13.1. The van der Waals surface area contributed by atoms with Gasteiger partial charge in [0.25, 0.3) is 0 Å². The van der Waals surface area contributed by atoms with Crippen LogP contribution >= 0.6 is 0 Å². The molecule has 1 saturated heterocycles. The minimum Gasteiger partial charge on any atom is -0.495 e. The fourth-order valence-corrected chi connectivity index (χ4v) is 6.78. The SMILES string of the molecule is COc1ccc(CN2C(=O)[C@H]3CCCC[C@H]3C2=O)cc1S(=O)(=O)NC1CCC(C)CC1. The molecule has 0 radical (unpaired) electrons. The Kier molecular flexibility index (Phi) is 6.40. The quantitative estimate of drug-likeness (QED) is 0.675. The van der Waals surface area contributed by atoms with Crippen LogP contribution in [0.5, 0.6) is 5.75 Å². The number of carbonyl (C=O) groups excluding carboxylic acids is 2. The summed E-state index contributed by atoms with van der Waals surface area (Å²) in [6, 6.07) is 4.78. The number of nitrogens with one attached hydrogen (secondary N) is 1. The van der Waals surface area contributed by atoms with Crippen LogP contribution in [0.2, 0.25) is 0 Å². The van der Waals surface area contributed by atoms with Crippen molar-refractivity contribution in [3.05, 3.63) is 23.8 Å². The smallest absolute Gasteiger partial charge is 0.244 e. The van der Waals surface area contributed by atoms with Crippen LogP contribution < -0.4 is 9.46 Å². The molecular weight excluding hydrogens is 416 g/mol. The van der Waals surface area contributed by atoms with Crippen LogP contribution in [-0.2, 0) is 26.2 Å². The molecule has 0 aromatic heterocycles. The minimum atomic E-state index is -3.79. The Morgan fingerprint density at radius 3 is 2.19 bits per heavy atom. The normalized spacial score (nSPS) is 29.2. The van der Waals surface area contributed by atoms with Crippen LogP contribution in [0.4, 0.5) is 0 Å². The predicted molar refractivity (Wildman–Crippen MR) is 116 cm³/mol. The van der Waals surface area contributed by atoms with E-state index in [1.54, 1.807) is 12.1 Å². The lowest BCUT2D eigenvalue weighted by Gasteiger charge is -2.27. The molecule has 0 spiro atoms. The predicted octanol–water partition coefficient (Wildman–Crippen LogP) is 3.23. The zero-order chi connectivity index (χ0) is 22.2. The van der Waals surface area contributed by atoms with E-state index in [9.17, 15) is 18.0 Å². The summed E-state index contributed by atoms with van der Waals surface area (Å²) in [5.41, 5.74) is 0.610. The van der Waals surface area contributed by atoms with Gasteiger partial charge in [-0.05, 0) is 62.1 Å². The Hall–Kier alpha value is -1.93. The number of methoxy groups -OCH3 is 1. The van der Waals surface area contributed by atoms with Crippen molar-refractivity contribution >= 4 is 21.8 Å². The van der Waals surface area contributed by atoms with E-state index in [2.05, 4.69) is 11.6 Å². The molecule has 0 unspecified atom stereocenters. The van der Waals surface area contributed by atoms with E-state index in [1.165, 1.54) is 18.1 Å². The highest BCUT2D eigenvalue weighted by Gasteiger charge is 2.48. The van der Waals surface area contributed by atoms with Crippen molar-refractivity contribution < 1.29 is 22.7 Å². The number of hydrogen-bond acceptors (Lipinski definition) is 5. The van der Waals surface area contributed by atoms with Gasteiger partial charge >= 0.3 is 0 Å². The van der Waals surface area contributed by atoms with Gasteiger partial charge in [-0.1, -0.05) is 25.8 Å². The monoisotopic (exact) mass is 448 g/mol. The highest BCUT2D eigenvalue weighted by molar-refractivity contribution is 7.89. The molecule has 3 fully saturated rings. The molecule has 2 saturated carbocycles. The van der Waals surface area contributed by atoms with Crippen LogP contribution in [0.25, 0.3) is 0 Å². The van der Waals surface area contributed by atoms with Gasteiger partial charge in [0.05, 0.1) is 25.5 Å². The largest absolute Gasteiger partial charge is 0.495 e. The van der Waals surface area contributed by atoms with Crippen LogP contribution in [-0.4, -0.2) is 38.3 Å². The molecule has 2 atom stereocenters. The lowest BCUT2D eigenvalue weighted by atomic mass is 9.81. The Morgan fingerprint density at radius 2 is 1.61 bits per heavy atom. The van der Waals surface area contributed by atoms with E-state index in [0.717, 1.165) is 51.4 Å². The number of nitrogens with zero attached hydrogens (tertiary/aromatic N) is 1. The molecule has 1 aliphatic heterocycles. The van der Waals surface area contributed by atoms with Gasteiger partial charge in [-0.25, -0.2) is 13.1 Å². The van der Waals surface area contributed by atoms with Gasteiger partial charge in [0.1, 0.15) is 10.6 Å². The zero-order valence-corrected chi connectivity index (χ0v) is 19.1. The molecule has 2 aliphatic carbocycles. The number of amides is 2. The molecule has 1 heterocycles. The van der Waals surface area contributed by atoms with Gasteiger partial charge in [0.2, 0.25) is 21.8 Å². The van der Waals surface area contributed by atoms with Crippen molar-refractivity contribution in [2.24, 2.45) is 17.8 Å². The Morgan fingerprint density at radius 1 is 1.00 bits per heavy atom. The fraction of sp³-hybridized carbons (Fsp3) is 0.652. The number of rotatable bonds is 6. The third-order valence-corrected chi connectivity index (χ3v) is 8.67. The topological polar surface area (TPSA) is 92.8 Å². The van der Waals surface area contributed by atoms with E-state index in [-0.39, 0.29) is 46.9 Å². The molecule has 170 valence electrons. The van der Waals surface area contributed by atoms with Crippen molar-refractivity contribution in [2.75, 3.05) is 7.11 Å². The number of fused-ring (bicyclic) bond motifs is 1. The van der Waals surface area contributed by atoms with E-state index < -0.39 is 10.0 Å². The maximum Gasteiger partial charge on any atom is 0.244 e. The molecule has 1 aromatic carbocycles. The molecule has 8 heteroatoms. The lowest BCUT2D eigenvalue weighted by Crippen LogP contribution is -2.37. The second kappa shape index (κ2) is 8.90. The van der Waals surface area contributed by atoms with E-state index >= 15 is 0 Å². The minimum absolute atomic E-state index is 0.0580. The number of imide groups is 1. The van der Waals surface area contributed by atoms with Crippen molar-refractivity contribution in [3.8, 4) is 5.75 Å². The summed E-state index contributed by atoms with van der Waals surface area (Å²) in [6.45, 7) is 2.28. The third kappa shape index (κ3) is 4.51. The number of ether oxygens (including phenoxy) is 1. The zero-order valence-electron chi connectivity index (χ0n) is 18.3. The van der Waals surface area contributed by atoms with Gasteiger partial charge in [0, 0.05) is 6.04 Å². The van der Waals surface area contributed by atoms with Crippen LogP contribution in [0.1, 0.15) is 63.9 Å². The molecule has 31 heavy (non-hydrogen) atoms. The second-order valence-corrected chi connectivity index (χ2v) is 11.0. The summed E-state index contributed by atoms with van der Waals surface area (Å²) in [6.07, 6.45) is 7.13. The van der Waals surface area contributed by atoms with E-state index in [1.807, 2.05) is 0 Å². The van der Waals surface area contributed by atoms with Gasteiger partial charge < -0.3 is 4.74 Å². The number of sulfonamides is 1. The van der Waals surface area contributed by atoms with Gasteiger partial charge in [0.15, 0.2) is 0 Å². The van der Waals surface area contributed by atoms with Crippen molar-refractivity contribution in [1.82, 2.24) is 9.62 Å². The van der Waals surface area contributed by atoms with Gasteiger partial charge in [-0.3, -0.25) is 14.5 Å². The second-order valence-electron chi connectivity index (χ2n) is 9.32. The third-order valence-electron chi connectivity index (χ3n) is 7.13. The molecule has 7 nitrogen and oxygen atoms in total. The van der Waals surface area contributed by atoms with Gasteiger partial charge in [-0.15, -0.1) is 0 Å². The molecule has 1 N–H and O–H groups in total. The highest BCUT2D eigenvalue weighted by atomic mass is 32.2. The van der Waals surface area contributed by atoms with Crippen molar-refractivity contribution in [3.63, 3.8) is 0 Å². The first kappa shape index (κ1) is 22.3. The Bertz CT molecular complexity index is 929. The summed E-state index contributed by atoms with van der Waals surface area (Å²) in [5.74, 6) is 0.218. The fourth-order valence-electron chi connectivity index (χ4n) is 5.26. The van der Waals surface area contributed by atoms with Gasteiger partial charge in [-0.2, -0.15) is 0 Å². The van der Waals surface area contributed by atoms with Crippen LogP contribution in [0, 0.1) is 17.8 Å². The molecular formula is C23H32N2O5S. The summed E-state index contributed by atoms with van der Waals surface area (Å²) in [5, 5.41) is 0. The molecule has 1 aromatic rings. The molecule has 3 aliphatic rings. The molecule has 0 bridgehead atoms. The van der Waals surface area contributed by atoms with Crippen LogP contribution in [0.15, 0.2) is 23.1 Å². The Balaban J connectivity index is 1.55. The number of hydrogen-bond donors (Lipinski definition) is 1.